The molecule has 1 heterocycles. The van der Waals surface area contributed by atoms with Gasteiger partial charge in [-0.05, 0) is 45.9 Å². The Bertz CT molecular complexity index is 1050. The van der Waals surface area contributed by atoms with Gasteiger partial charge in [0, 0.05) is 27.5 Å². The molecule has 0 bridgehead atoms. The summed E-state index contributed by atoms with van der Waals surface area (Å²) < 4.78 is 0.699. The van der Waals surface area contributed by atoms with Gasteiger partial charge in [-0.15, -0.1) is 0 Å². The Kier molecular flexibility index (Phi) is 3.40. The van der Waals surface area contributed by atoms with Crippen molar-refractivity contribution in [3.05, 3.63) is 75.5 Å². The first-order valence-electron chi connectivity index (χ1n) is 8.73. The summed E-state index contributed by atoms with van der Waals surface area (Å²) in [4.78, 5) is 25.6. The summed E-state index contributed by atoms with van der Waals surface area (Å²) in [6, 6.07) is 11.2. The first kappa shape index (κ1) is 17.4. The second-order valence-corrected chi connectivity index (χ2v) is 7.99. The van der Waals surface area contributed by atoms with Crippen LogP contribution < -0.4 is 0 Å². The molecule has 6 nitrogen and oxygen atoms in total. The van der Waals surface area contributed by atoms with Crippen molar-refractivity contribution < 1.29 is 19.5 Å². The molecule has 4 rings (SSSR count). The quantitative estimate of drug-likeness (QED) is 0.492. The molecule has 0 aromatic heterocycles. The van der Waals surface area contributed by atoms with Gasteiger partial charge in [-0.25, -0.2) is 0 Å². The molecule has 0 unspecified atom stereocenters. The van der Waals surface area contributed by atoms with E-state index in [0.717, 1.165) is 0 Å². The maximum atomic E-state index is 12.9. The summed E-state index contributed by atoms with van der Waals surface area (Å²) >= 11 is 0. The lowest BCUT2D eigenvalue weighted by Crippen LogP contribution is -2.53. The molecular formula is C21H19N2O4. The minimum atomic E-state index is -0.952. The molecule has 6 heteroatoms. The van der Waals surface area contributed by atoms with Crippen molar-refractivity contribution in [3.63, 3.8) is 0 Å². The highest BCUT2D eigenvalue weighted by atomic mass is 16.5. The number of hydrogen-bond acceptors (Lipinski definition) is 4. The van der Waals surface area contributed by atoms with Gasteiger partial charge in [0.1, 0.15) is 5.54 Å². The smallest absolute Gasteiger partial charge is 0.316 e. The van der Waals surface area contributed by atoms with Crippen molar-refractivity contribution in [1.82, 2.24) is 5.06 Å². The molecule has 0 spiro atoms. The third kappa shape index (κ3) is 2.07. The zero-order valence-electron chi connectivity index (χ0n) is 15.6. The molecule has 2 aliphatic rings. The third-order valence-electron chi connectivity index (χ3n) is 6.08. The highest BCUT2D eigenvalue weighted by molar-refractivity contribution is 6.28. The molecule has 2 aromatic rings. The summed E-state index contributed by atoms with van der Waals surface area (Å²) in [6.45, 7) is 6.84. The van der Waals surface area contributed by atoms with Gasteiger partial charge in [0.25, 0.3) is 0 Å². The average molecular weight is 363 g/mol. The van der Waals surface area contributed by atoms with E-state index < -0.39 is 11.1 Å². The highest BCUT2D eigenvalue weighted by Gasteiger charge is 2.60. The molecule has 27 heavy (non-hydrogen) atoms. The number of nitrogens with zero attached hydrogens (tertiary/aromatic N) is 2. The first-order chi connectivity index (χ1) is 12.6. The summed E-state index contributed by atoms with van der Waals surface area (Å²) in [6.07, 6.45) is 0. The number of hydroxylamine groups is 3. The van der Waals surface area contributed by atoms with Gasteiger partial charge in [0.15, 0.2) is 17.1 Å². The molecule has 0 saturated heterocycles. The van der Waals surface area contributed by atoms with E-state index in [2.05, 4.69) is 0 Å². The molecule has 1 aliphatic carbocycles. The zero-order valence-corrected chi connectivity index (χ0v) is 15.6. The van der Waals surface area contributed by atoms with Crippen molar-refractivity contribution in [2.45, 2.75) is 38.8 Å². The minimum Gasteiger partial charge on any atom is -0.714 e. The van der Waals surface area contributed by atoms with E-state index in [1.807, 2.05) is 0 Å². The van der Waals surface area contributed by atoms with Crippen LogP contribution in [-0.2, 0) is 5.21 Å². The van der Waals surface area contributed by atoms with Crippen molar-refractivity contribution in [2.24, 2.45) is 0 Å². The van der Waals surface area contributed by atoms with Crippen molar-refractivity contribution in [3.8, 4) is 0 Å². The molecule has 0 amide bonds. The molecule has 2 aromatic carbocycles. The summed E-state index contributed by atoms with van der Waals surface area (Å²) in [5.74, 6) is -0.567. The van der Waals surface area contributed by atoms with Crippen LogP contribution >= 0.6 is 0 Å². The van der Waals surface area contributed by atoms with E-state index >= 15 is 0 Å². The first-order valence-corrected chi connectivity index (χ1v) is 8.73. The van der Waals surface area contributed by atoms with Gasteiger partial charge in [-0.3, -0.25) is 14.3 Å². The normalized spacial score (nSPS) is 20.0. The Labute approximate surface area is 156 Å². The lowest BCUT2D eigenvalue weighted by atomic mass is 9.83. The van der Waals surface area contributed by atoms with Crippen LogP contribution in [0.3, 0.4) is 0 Å². The van der Waals surface area contributed by atoms with Crippen molar-refractivity contribution in [1.29, 1.82) is 0 Å². The van der Waals surface area contributed by atoms with E-state index in [1.54, 1.807) is 58.0 Å². The van der Waals surface area contributed by atoms with Crippen molar-refractivity contribution in [2.75, 3.05) is 0 Å². The number of rotatable bonds is 1. The number of fused-ring (bicyclic) bond motifs is 2. The fourth-order valence-corrected chi connectivity index (χ4v) is 3.58. The predicted octanol–water partition coefficient (Wildman–Crippen LogP) is 2.94. The number of carbonyl (C=O) groups excluding carboxylic acids is 2. The highest BCUT2D eigenvalue weighted by Crippen LogP contribution is 2.38. The second kappa shape index (κ2) is 5.27. The Morgan fingerprint density at radius 1 is 0.852 bits per heavy atom. The van der Waals surface area contributed by atoms with E-state index in [9.17, 15) is 20.0 Å². The standard InChI is InChI=1S/C21H19N2O4/c1-20(2)21(3,4)23(27)19(22(20)26)12-9-10-15-16(11-12)18(25)14-8-6-5-7-13(14)17(15)24/h5-11H,1-4H3. The molecule has 1 radical (unpaired) electrons. The van der Waals surface area contributed by atoms with Crippen LogP contribution in [0.4, 0.5) is 0 Å². The van der Waals surface area contributed by atoms with Crippen LogP contribution in [-0.4, -0.2) is 38.3 Å². The SMILES string of the molecule is CC1(C)N([O])C(c2ccc3c(c2)C(=O)c2ccccc2C3=O)=[N+]([O-])C1(C)C. The number of ketones is 2. The summed E-state index contributed by atoms with van der Waals surface area (Å²) in [7, 11) is 0. The Hall–Kier alpha value is -2.99. The number of amidine groups is 1. The van der Waals surface area contributed by atoms with Crippen molar-refractivity contribution >= 4 is 17.4 Å². The van der Waals surface area contributed by atoms with E-state index in [4.69, 9.17) is 0 Å². The Morgan fingerprint density at radius 2 is 1.37 bits per heavy atom. The summed E-state index contributed by atoms with van der Waals surface area (Å²) in [5, 5.41) is 26.4. The molecule has 137 valence electrons. The molecular weight excluding hydrogens is 344 g/mol. The minimum absolute atomic E-state index is 0.0492. The fourth-order valence-electron chi connectivity index (χ4n) is 3.58. The maximum absolute atomic E-state index is 12.9. The number of carbonyl (C=O) groups is 2. The predicted molar refractivity (Wildman–Crippen MR) is 98.2 cm³/mol. The van der Waals surface area contributed by atoms with Gasteiger partial charge in [-0.1, -0.05) is 29.3 Å². The summed E-state index contributed by atoms with van der Waals surface area (Å²) in [5.41, 5.74) is -0.365. The average Bonchev–Trinajstić information content (AvgIpc) is 2.76. The maximum Gasteiger partial charge on any atom is 0.316 e. The van der Waals surface area contributed by atoms with Gasteiger partial charge >= 0.3 is 5.84 Å². The van der Waals surface area contributed by atoms with Gasteiger partial charge < -0.3 is 5.21 Å². The molecule has 0 fully saturated rings. The fraction of sp³-hybridized carbons (Fsp3) is 0.286. The largest absolute Gasteiger partial charge is 0.714 e. The Morgan fingerprint density at radius 3 is 1.89 bits per heavy atom. The van der Waals surface area contributed by atoms with Crippen LogP contribution in [0.2, 0.25) is 0 Å². The molecule has 1 aliphatic heterocycles. The molecule has 0 atom stereocenters. The zero-order chi connectivity index (χ0) is 19.7. The van der Waals surface area contributed by atoms with Gasteiger partial charge in [0.2, 0.25) is 0 Å². The van der Waals surface area contributed by atoms with Crippen LogP contribution in [0.15, 0.2) is 42.5 Å². The number of benzene rings is 2. The van der Waals surface area contributed by atoms with E-state index in [1.165, 1.54) is 12.1 Å². The monoisotopic (exact) mass is 363 g/mol. The molecule has 0 N–H and O–H groups in total. The van der Waals surface area contributed by atoms with Crippen LogP contribution in [0.1, 0.15) is 65.1 Å². The Balaban J connectivity index is 1.89. The van der Waals surface area contributed by atoms with Gasteiger partial charge in [0.05, 0.1) is 5.56 Å². The molecule has 0 saturated carbocycles. The van der Waals surface area contributed by atoms with E-state index in [-0.39, 0.29) is 28.5 Å². The number of hydrogen-bond donors (Lipinski definition) is 0. The topological polar surface area (TPSA) is 83.3 Å². The lowest BCUT2D eigenvalue weighted by Gasteiger charge is -2.32. The van der Waals surface area contributed by atoms with Crippen LogP contribution in [0.5, 0.6) is 0 Å². The lowest BCUT2D eigenvalue weighted by molar-refractivity contribution is -0.539. The third-order valence-corrected chi connectivity index (χ3v) is 6.08. The van der Waals surface area contributed by atoms with Crippen LogP contribution in [0.25, 0.3) is 0 Å². The van der Waals surface area contributed by atoms with Gasteiger partial charge in [-0.2, -0.15) is 0 Å². The second-order valence-electron chi connectivity index (χ2n) is 7.99. The van der Waals surface area contributed by atoms with E-state index in [0.29, 0.717) is 26.5 Å². The van der Waals surface area contributed by atoms with Crippen LogP contribution in [0, 0.1) is 5.21 Å².